The Balaban J connectivity index is 0.00000392. The van der Waals surface area contributed by atoms with Gasteiger partial charge in [0.2, 0.25) is 0 Å². The second kappa shape index (κ2) is 10.9. The van der Waals surface area contributed by atoms with Crippen molar-refractivity contribution in [2.75, 3.05) is 39.8 Å². The third-order valence-corrected chi connectivity index (χ3v) is 4.62. The molecule has 2 N–H and O–H groups in total. The average Bonchev–Trinajstić information content (AvgIpc) is 2.64. The Labute approximate surface area is 180 Å². The van der Waals surface area contributed by atoms with E-state index in [1.165, 1.54) is 18.9 Å². The fourth-order valence-corrected chi connectivity index (χ4v) is 2.95. The number of guanidine groups is 1. The molecule has 1 saturated heterocycles. The van der Waals surface area contributed by atoms with E-state index in [9.17, 15) is 18.3 Å². The normalized spacial score (nSPS) is 17.1. The van der Waals surface area contributed by atoms with Crippen molar-refractivity contribution in [3.05, 3.63) is 23.8 Å². The van der Waals surface area contributed by atoms with Crippen molar-refractivity contribution in [1.82, 2.24) is 15.1 Å². The Hall–Kier alpha value is -1.43. The van der Waals surface area contributed by atoms with E-state index >= 15 is 0 Å². The minimum Gasteiger partial charge on any atom is -0.504 e. The van der Waals surface area contributed by atoms with E-state index in [-0.39, 0.29) is 29.7 Å². The van der Waals surface area contributed by atoms with Crippen molar-refractivity contribution < 1.29 is 23.0 Å². The number of alkyl halides is 3. The maximum atomic E-state index is 12.9. The van der Waals surface area contributed by atoms with Crippen LogP contribution >= 0.6 is 24.0 Å². The highest BCUT2D eigenvalue weighted by molar-refractivity contribution is 14.0. The van der Waals surface area contributed by atoms with Crippen molar-refractivity contribution in [3.63, 3.8) is 0 Å². The van der Waals surface area contributed by atoms with Crippen LogP contribution in [-0.2, 0) is 6.54 Å². The standard InChI is InChI=1S/C18H27F3N4O2.HI/c1-4-22-17(23-12-14-5-6-16(27-3)15(26)11-14)25-9-7-24(8-10-25)13(2)18(19,20)21;/h5-6,11,13,26H,4,7-10,12H2,1-3H3,(H,22,23);1H. The van der Waals surface area contributed by atoms with E-state index in [4.69, 9.17) is 4.74 Å². The van der Waals surface area contributed by atoms with Gasteiger partial charge in [-0.3, -0.25) is 4.90 Å². The van der Waals surface area contributed by atoms with Gasteiger partial charge in [0.15, 0.2) is 17.5 Å². The van der Waals surface area contributed by atoms with Gasteiger partial charge in [-0.1, -0.05) is 6.07 Å². The van der Waals surface area contributed by atoms with Crippen LogP contribution in [0.3, 0.4) is 0 Å². The summed E-state index contributed by atoms with van der Waals surface area (Å²) in [5.74, 6) is 1.10. The van der Waals surface area contributed by atoms with Crippen LogP contribution in [0.15, 0.2) is 23.2 Å². The zero-order valence-electron chi connectivity index (χ0n) is 16.3. The van der Waals surface area contributed by atoms with Gasteiger partial charge in [-0.2, -0.15) is 13.2 Å². The molecule has 1 aromatic rings. The molecule has 0 bridgehead atoms. The van der Waals surface area contributed by atoms with E-state index in [1.807, 2.05) is 17.9 Å². The third-order valence-electron chi connectivity index (χ3n) is 4.62. The number of nitrogens with zero attached hydrogens (tertiary/aromatic N) is 3. The van der Waals surface area contributed by atoms with E-state index < -0.39 is 12.2 Å². The number of phenols is 1. The fourth-order valence-electron chi connectivity index (χ4n) is 2.95. The Bertz CT molecular complexity index is 650. The van der Waals surface area contributed by atoms with Crippen LogP contribution in [-0.4, -0.2) is 72.9 Å². The molecule has 0 spiro atoms. The summed E-state index contributed by atoms with van der Waals surface area (Å²) >= 11 is 0. The van der Waals surface area contributed by atoms with Crippen LogP contribution in [0.1, 0.15) is 19.4 Å². The number of hydrogen-bond donors (Lipinski definition) is 2. The predicted molar refractivity (Wildman–Crippen MR) is 114 cm³/mol. The summed E-state index contributed by atoms with van der Waals surface area (Å²) in [5, 5.41) is 13.0. The minimum atomic E-state index is -4.21. The summed E-state index contributed by atoms with van der Waals surface area (Å²) in [5.41, 5.74) is 0.813. The molecular weight excluding hydrogens is 488 g/mol. The molecule has 28 heavy (non-hydrogen) atoms. The van der Waals surface area contributed by atoms with Gasteiger partial charge in [-0.25, -0.2) is 4.99 Å². The van der Waals surface area contributed by atoms with Crippen molar-refractivity contribution in [2.24, 2.45) is 4.99 Å². The summed E-state index contributed by atoms with van der Waals surface area (Å²) in [7, 11) is 1.48. The maximum Gasteiger partial charge on any atom is 0.403 e. The van der Waals surface area contributed by atoms with Gasteiger partial charge in [0.05, 0.1) is 13.7 Å². The monoisotopic (exact) mass is 516 g/mol. The number of piperazine rings is 1. The molecule has 6 nitrogen and oxygen atoms in total. The van der Waals surface area contributed by atoms with Crippen LogP contribution in [0, 0.1) is 0 Å². The molecule has 0 amide bonds. The Morgan fingerprint density at radius 1 is 1.29 bits per heavy atom. The number of rotatable bonds is 5. The summed E-state index contributed by atoms with van der Waals surface area (Å²) < 4.78 is 43.7. The lowest BCUT2D eigenvalue weighted by molar-refractivity contribution is -0.181. The summed E-state index contributed by atoms with van der Waals surface area (Å²) in [6.45, 7) is 5.75. The van der Waals surface area contributed by atoms with Gasteiger partial charge in [0.1, 0.15) is 6.04 Å². The molecule has 1 atom stereocenters. The maximum absolute atomic E-state index is 12.9. The van der Waals surface area contributed by atoms with Crippen molar-refractivity contribution in [2.45, 2.75) is 32.6 Å². The lowest BCUT2D eigenvalue weighted by Gasteiger charge is -2.39. The third kappa shape index (κ3) is 6.57. The number of halogens is 4. The largest absolute Gasteiger partial charge is 0.504 e. The van der Waals surface area contributed by atoms with Gasteiger partial charge in [0.25, 0.3) is 0 Å². The number of aliphatic imine (C=N–C) groups is 1. The molecule has 0 saturated carbocycles. The number of benzene rings is 1. The molecule has 10 heteroatoms. The number of ether oxygens (including phenoxy) is 1. The fraction of sp³-hybridized carbons (Fsp3) is 0.611. The molecule has 1 aliphatic rings. The highest BCUT2D eigenvalue weighted by Crippen LogP contribution is 2.27. The van der Waals surface area contributed by atoms with Gasteiger partial charge in [-0.05, 0) is 31.5 Å². The topological polar surface area (TPSA) is 60.3 Å². The van der Waals surface area contributed by atoms with Crippen molar-refractivity contribution in [3.8, 4) is 11.5 Å². The van der Waals surface area contributed by atoms with E-state index in [2.05, 4.69) is 10.3 Å². The lowest BCUT2D eigenvalue weighted by Crippen LogP contribution is -2.56. The SMILES string of the molecule is CCNC(=NCc1ccc(OC)c(O)c1)N1CCN(C(C)C(F)(F)F)CC1.I. The Morgan fingerprint density at radius 3 is 2.43 bits per heavy atom. The smallest absolute Gasteiger partial charge is 0.403 e. The van der Waals surface area contributed by atoms with Crippen LogP contribution in [0.4, 0.5) is 13.2 Å². The lowest BCUT2D eigenvalue weighted by atomic mass is 10.2. The molecule has 0 aliphatic carbocycles. The van der Waals surface area contributed by atoms with Gasteiger partial charge in [-0.15, -0.1) is 24.0 Å². The minimum absolute atomic E-state index is 0. The first-order chi connectivity index (χ1) is 12.8. The number of aromatic hydroxyl groups is 1. The van der Waals surface area contributed by atoms with Crippen LogP contribution in [0.5, 0.6) is 11.5 Å². The quantitative estimate of drug-likeness (QED) is 0.358. The molecule has 1 fully saturated rings. The predicted octanol–water partition coefficient (Wildman–Crippen LogP) is 3.05. The first kappa shape index (κ1) is 24.6. The first-order valence-electron chi connectivity index (χ1n) is 8.96. The second-order valence-corrected chi connectivity index (χ2v) is 6.42. The van der Waals surface area contributed by atoms with Crippen molar-refractivity contribution >= 4 is 29.9 Å². The molecule has 1 aliphatic heterocycles. The van der Waals surface area contributed by atoms with Crippen LogP contribution < -0.4 is 10.1 Å². The van der Waals surface area contributed by atoms with Gasteiger partial charge in [0, 0.05) is 32.7 Å². The Morgan fingerprint density at radius 2 is 1.93 bits per heavy atom. The molecule has 1 aromatic carbocycles. The van der Waals surface area contributed by atoms with Crippen molar-refractivity contribution in [1.29, 1.82) is 0 Å². The number of methoxy groups -OCH3 is 1. The second-order valence-electron chi connectivity index (χ2n) is 6.42. The highest BCUT2D eigenvalue weighted by atomic mass is 127. The van der Waals surface area contributed by atoms with Crippen LogP contribution in [0.2, 0.25) is 0 Å². The Kier molecular flexibility index (Phi) is 9.61. The summed E-state index contributed by atoms with van der Waals surface area (Å²) in [4.78, 5) is 7.97. The number of phenolic OH excluding ortho intramolecular Hbond substituents is 1. The molecule has 2 rings (SSSR count). The van der Waals surface area contributed by atoms with E-state index in [0.29, 0.717) is 51.0 Å². The van der Waals surface area contributed by atoms with Gasteiger partial charge < -0.3 is 20.1 Å². The number of nitrogens with one attached hydrogen (secondary N) is 1. The van der Waals surface area contributed by atoms with E-state index in [0.717, 1.165) is 5.56 Å². The van der Waals surface area contributed by atoms with E-state index in [1.54, 1.807) is 12.1 Å². The first-order valence-corrected chi connectivity index (χ1v) is 8.96. The summed E-state index contributed by atoms with van der Waals surface area (Å²) in [6, 6.07) is 3.63. The molecule has 0 radical (unpaired) electrons. The molecule has 1 unspecified atom stereocenters. The van der Waals surface area contributed by atoms with Gasteiger partial charge >= 0.3 is 6.18 Å². The average molecular weight is 516 g/mol. The molecule has 1 heterocycles. The molecular formula is C18H28F3IN4O2. The molecule has 160 valence electrons. The van der Waals surface area contributed by atoms with Crippen LogP contribution in [0.25, 0.3) is 0 Å². The molecule has 0 aromatic heterocycles. The zero-order chi connectivity index (χ0) is 20.0. The number of hydrogen-bond acceptors (Lipinski definition) is 4. The summed E-state index contributed by atoms with van der Waals surface area (Å²) in [6.07, 6.45) is -4.21. The zero-order valence-corrected chi connectivity index (χ0v) is 18.6. The highest BCUT2D eigenvalue weighted by Gasteiger charge is 2.41.